The van der Waals surface area contributed by atoms with Gasteiger partial charge < -0.3 is 20.5 Å². The van der Waals surface area contributed by atoms with Crippen molar-refractivity contribution in [1.82, 2.24) is 0 Å². The Labute approximate surface area is 113 Å². The van der Waals surface area contributed by atoms with E-state index in [-0.39, 0.29) is 5.75 Å². The lowest BCUT2D eigenvalue weighted by atomic mass is 10.1. The van der Waals surface area contributed by atoms with E-state index in [2.05, 4.69) is 5.32 Å². The predicted molar refractivity (Wildman–Crippen MR) is 74.0 cm³/mol. The van der Waals surface area contributed by atoms with Gasteiger partial charge in [-0.2, -0.15) is 0 Å². The quantitative estimate of drug-likeness (QED) is 0.779. The van der Waals surface area contributed by atoms with Crippen molar-refractivity contribution in [3.8, 4) is 5.75 Å². The fourth-order valence-corrected chi connectivity index (χ4v) is 2.04. The molecule has 1 unspecified atom stereocenters. The molecule has 0 spiro atoms. The topological polar surface area (TPSA) is 56.5 Å². The van der Waals surface area contributed by atoms with E-state index >= 15 is 0 Å². The Morgan fingerprint density at radius 2 is 2.37 bits per heavy atom. The normalized spacial score (nSPS) is 18.5. The Kier molecular flexibility index (Phi) is 4.85. The first-order valence-electron chi connectivity index (χ1n) is 6.74. The fraction of sp³-hybridized carbons (Fsp3) is 0.571. The molecule has 1 aliphatic rings. The molecule has 2 rings (SSSR count). The number of hydrogen-bond donors (Lipinski definition) is 2. The van der Waals surface area contributed by atoms with Crippen LogP contribution in [0.4, 0.5) is 15.8 Å². The second kappa shape index (κ2) is 6.61. The van der Waals surface area contributed by atoms with Crippen molar-refractivity contribution in [2.75, 3.05) is 37.4 Å². The maximum atomic E-state index is 13.6. The molecule has 19 heavy (non-hydrogen) atoms. The predicted octanol–water partition coefficient (Wildman–Crippen LogP) is 2.65. The van der Waals surface area contributed by atoms with E-state index in [1.807, 2.05) is 6.92 Å². The van der Waals surface area contributed by atoms with Gasteiger partial charge in [0.25, 0.3) is 0 Å². The van der Waals surface area contributed by atoms with Crippen molar-refractivity contribution < 1.29 is 13.9 Å². The van der Waals surface area contributed by atoms with Gasteiger partial charge in [-0.25, -0.2) is 4.39 Å². The van der Waals surface area contributed by atoms with Crippen LogP contribution in [0, 0.1) is 11.7 Å². The maximum absolute atomic E-state index is 13.6. The van der Waals surface area contributed by atoms with Crippen LogP contribution in [0.3, 0.4) is 0 Å². The van der Waals surface area contributed by atoms with Crippen molar-refractivity contribution in [3.63, 3.8) is 0 Å². The zero-order valence-corrected chi connectivity index (χ0v) is 11.2. The maximum Gasteiger partial charge on any atom is 0.167 e. The van der Waals surface area contributed by atoms with Gasteiger partial charge in [-0.05, 0) is 12.8 Å². The molecule has 0 radical (unpaired) electrons. The Morgan fingerprint density at radius 1 is 1.53 bits per heavy atom. The molecule has 0 saturated carbocycles. The van der Waals surface area contributed by atoms with E-state index < -0.39 is 5.82 Å². The summed E-state index contributed by atoms with van der Waals surface area (Å²) in [5.74, 6) is 0.325. The second-order valence-electron chi connectivity index (χ2n) is 4.83. The first-order chi connectivity index (χ1) is 9.20. The standard InChI is InChI=1S/C14H21FN2O2/c1-2-4-19-14-7-13(12(16)6-11(14)15)17-8-10-3-5-18-9-10/h6-7,10,17H,2-5,8-9,16H2,1H3. The summed E-state index contributed by atoms with van der Waals surface area (Å²) >= 11 is 0. The van der Waals surface area contributed by atoms with Crippen molar-refractivity contribution >= 4 is 11.4 Å². The number of ether oxygens (including phenoxy) is 2. The molecule has 0 aromatic heterocycles. The number of anilines is 2. The first kappa shape index (κ1) is 13.9. The summed E-state index contributed by atoms with van der Waals surface area (Å²) in [6.07, 6.45) is 1.89. The van der Waals surface area contributed by atoms with Gasteiger partial charge in [0, 0.05) is 31.2 Å². The van der Waals surface area contributed by atoms with Gasteiger partial charge in [-0.3, -0.25) is 0 Å². The Morgan fingerprint density at radius 3 is 3.05 bits per heavy atom. The summed E-state index contributed by atoms with van der Waals surface area (Å²) < 4.78 is 24.3. The molecule has 1 aromatic carbocycles. The average molecular weight is 268 g/mol. The summed E-state index contributed by atoms with van der Waals surface area (Å²) in [6.45, 7) is 4.84. The molecule has 5 heteroatoms. The van der Waals surface area contributed by atoms with Gasteiger partial charge in [-0.1, -0.05) is 6.92 Å². The van der Waals surface area contributed by atoms with Crippen LogP contribution in [0.2, 0.25) is 0 Å². The largest absolute Gasteiger partial charge is 0.490 e. The van der Waals surface area contributed by atoms with E-state index in [4.69, 9.17) is 15.2 Å². The van der Waals surface area contributed by atoms with Gasteiger partial charge in [0.05, 0.1) is 24.6 Å². The van der Waals surface area contributed by atoms with Crippen LogP contribution in [0.25, 0.3) is 0 Å². The average Bonchev–Trinajstić information content (AvgIpc) is 2.90. The minimum absolute atomic E-state index is 0.251. The number of nitrogens with two attached hydrogens (primary N) is 1. The lowest BCUT2D eigenvalue weighted by Gasteiger charge is -2.15. The van der Waals surface area contributed by atoms with Gasteiger partial charge in [-0.15, -0.1) is 0 Å². The van der Waals surface area contributed by atoms with Crippen molar-refractivity contribution in [2.45, 2.75) is 19.8 Å². The summed E-state index contributed by atoms with van der Waals surface area (Å²) in [5.41, 5.74) is 6.94. The minimum Gasteiger partial charge on any atom is -0.490 e. The van der Waals surface area contributed by atoms with Gasteiger partial charge in [0.15, 0.2) is 11.6 Å². The van der Waals surface area contributed by atoms with Crippen LogP contribution in [-0.4, -0.2) is 26.4 Å². The molecule has 0 amide bonds. The Balaban J connectivity index is 2.01. The molecule has 1 fully saturated rings. The lowest BCUT2D eigenvalue weighted by molar-refractivity contribution is 0.187. The molecule has 1 atom stereocenters. The highest BCUT2D eigenvalue weighted by Gasteiger charge is 2.16. The van der Waals surface area contributed by atoms with Crippen LogP contribution >= 0.6 is 0 Å². The molecule has 106 valence electrons. The number of nitrogens with one attached hydrogen (secondary N) is 1. The molecular weight excluding hydrogens is 247 g/mol. The fourth-order valence-electron chi connectivity index (χ4n) is 2.04. The number of benzene rings is 1. The van der Waals surface area contributed by atoms with E-state index in [1.54, 1.807) is 6.07 Å². The highest BCUT2D eigenvalue weighted by Crippen LogP contribution is 2.29. The summed E-state index contributed by atoms with van der Waals surface area (Å²) in [4.78, 5) is 0. The number of halogens is 1. The molecule has 0 bridgehead atoms. The minimum atomic E-state index is -0.416. The number of hydrogen-bond acceptors (Lipinski definition) is 4. The van der Waals surface area contributed by atoms with Gasteiger partial charge >= 0.3 is 0 Å². The zero-order chi connectivity index (χ0) is 13.7. The van der Waals surface area contributed by atoms with E-state index in [1.165, 1.54) is 6.07 Å². The van der Waals surface area contributed by atoms with Crippen molar-refractivity contribution in [2.24, 2.45) is 5.92 Å². The molecule has 1 saturated heterocycles. The van der Waals surface area contributed by atoms with Crippen molar-refractivity contribution in [1.29, 1.82) is 0 Å². The highest BCUT2D eigenvalue weighted by atomic mass is 19.1. The summed E-state index contributed by atoms with van der Waals surface area (Å²) in [5, 5.41) is 3.25. The summed E-state index contributed by atoms with van der Waals surface area (Å²) in [7, 11) is 0. The van der Waals surface area contributed by atoms with E-state index in [0.717, 1.165) is 38.3 Å². The third kappa shape index (κ3) is 3.73. The van der Waals surface area contributed by atoms with E-state index in [9.17, 15) is 4.39 Å². The Bertz CT molecular complexity index is 420. The molecule has 1 aromatic rings. The third-order valence-corrected chi connectivity index (χ3v) is 3.17. The molecule has 0 aliphatic carbocycles. The lowest BCUT2D eigenvalue weighted by Crippen LogP contribution is -2.15. The smallest absolute Gasteiger partial charge is 0.167 e. The van der Waals surface area contributed by atoms with Crippen molar-refractivity contribution in [3.05, 3.63) is 17.9 Å². The first-order valence-corrected chi connectivity index (χ1v) is 6.74. The third-order valence-electron chi connectivity index (χ3n) is 3.17. The van der Waals surface area contributed by atoms with Crippen LogP contribution in [0.1, 0.15) is 19.8 Å². The van der Waals surface area contributed by atoms with Crippen LogP contribution in [0.15, 0.2) is 12.1 Å². The summed E-state index contributed by atoms with van der Waals surface area (Å²) in [6, 6.07) is 2.94. The van der Waals surface area contributed by atoms with Crippen LogP contribution in [-0.2, 0) is 4.74 Å². The number of nitrogen functional groups attached to an aromatic ring is 1. The molecule has 4 nitrogen and oxygen atoms in total. The molecule has 1 heterocycles. The monoisotopic (exact) mass is 268 g/mol. The highest BCUT2D eigenvalue weighted by molar-refractivity contribution is 5.68. The van der Waals surface area contributed by atoms with Crippen LogP contribution in [0.5, 0.6) is 5.75 Å². The molecular formula is C14H21FN2O2. The van der Waals surface area contributed by atoms with Gasteiger partial charge in [0.2, 0.25) is 0 Å². The molecule has 3 N–H and O–H groups in total. The Hall–Kier alpha value is -1.49. The number of rotatable bonds is 6. The molecule has 1 aliphatic heterocycles. The SMILES string of the molecule is CCCOc1cc(NCC2CCOC2)c(N)cc1F. The second-order valence-corrected chi connectivity index (χ2v) is 4.83. The van der Waals surface area contributed by atoms with E-state index in [0.29, 0.717) is 18.2 Å². The van der Waals surface area contributed by atoms with Gasteiger partial charge in [0.1, 0.15) is 0 Å². The zero-order valence-electron chi connectivity index (χ0n) is 11.2. The van der Waals surface area contributed by atoms with Crippen LogP contribution < -0.4 is 15.8 Å².